The predicted octanol–water partition coefficient (Wildman–Crippen LogP) is 4.05. The van der Waals surface area contributed by atoms with Crippen molar-refractivity contribution >= 4 is 0 Å². The van der Waals surface area contributed by atoms with Crippen LogP contribution in [0.1, 0.15) is 52.4 Å². The summed E-state index contributed by atoms with van der Waals surface area (Å²) in [6.07, 6.45) is 9.27. The van der Waals surface area contributed by atoms with Gasteiger partial charge in [-0.3, -0.25) is 0 Å². The maximum absolute atomic E-state index is 9.20. The first-order valence-electron chi connectivity index (χ1n) is 5.56. The molecule has 0 fully saturated rings. The molecule has 0 saturated carbocycles. The first-order valence-corrected chi connectivity index (χ1v) is 5.56. The van der Waals surface area contributed by atoms with E-state index in [0.29, 0.717) is 5.76 Å². The molecule has 0 radical (unpaired) electrons. The Morgan fingerprint density at radius 2 is 2.31 bits per heavy atom. The molecule has 0 heterocycles. The first-order chi connectivity index (χ1) is 6.18. The third kappa shape index (κ3) is 4.35. The van der Waals surface area contributed by atoms with Crippen LogP contribution in [-0.4, -0.2) is 5.11 Å². The average molecular weight is 182 g/mol. The summed E-state index contributed by atoms with van der Waals surface area (Å²) in [4.78, 5) is 0. The fraction of sp³-hybridized carbons (Fsp3) is 0.833. The molecule has 0 saturated heterocycles. The summed E-state index contributed by atoms with van der Waals surface area (Å²) in [7, 11) is 0. The van der Waals surface area contributed by atoms with Gasteiger partial charge < -0.3 is 5.11 Å². The molecule has 0 aliphatic heterocycles. The highest BCUT2D eigenvalue weighted by Crippen LogP contribution is 2.26. The Morgan fingerprint density at radius 1 is 1.54 bits per heavy atom. The zero-order chi connectivity index (χ0) is 9.68. The molecule has 1 nitrogen and oxygen atoms in total. The molecule has 1 rings (SSSR count). The highest BCUT2D eigenvalue weighted by molar-refractivity contribution is 4.96. The fourth-order valence-corrected chi connectivity index (χ4v) is 1.95. The average Bonchev–Trinajstić information content (AvgIpc) is 2.08. The molecule has 1 aliphatic rings. The minimum Gasteiger partial charge on any atom is -0.513 e. The highest BCUT2D eigenvalue weighted by atomic mass is 16.3. The minimum atomic E-state index is 0.611. The van der Waals surface area contributed by atoms with E-state index in [0.717, 1.165) is 24.7 Å². The number of aliphatic hydroxyl groups excluding tert-OH is 1. The number of hydrogen-bond acceptors (Lipinski definition) is 1. The summed E-state index contributed by atoms with van der Waals surface area (Å²) in [5.74, 6) is 2.29. The Hall–Kier alpha value is -0.460. The van der Waals surface area contributed by atoms with Gasteiger partial charge in [-0.15, -0.1) is 0 Å². The maximum Gasteiger partial charge on any atom is 0.0883 e. The summed E-state index contributed by atoms with van der Waals surface area (Å²) in [5.41, 5.74) is 0. The zero-order valence-electron chi connectivity index (χ0n) is 8.92. The van der Waals surface area contributed by atoms with E-state index in [2.05, 4.69) is 13.8 Å². The lowest BCUT2D eigenvalue weighted by Gasteiger charge is -2.19. The number of hydrogen-bond donors (Lipinski definition) is 1. The van der Waals surface area contributed by atoms with Gasteiger partial charge in [-0.2, -0.15) is 0 Å². The van der Waals surface area contributed by atoms with Gasteiger partial charge in [0.1, 0.15) is 0 Å². The van der Waals surface area contributed by atoms with Crippen molar-refractivity contribution in [2.75, 3.05) is 0 Å². The van der Waals surface area contributed by atoms with Crippen LogP contribution in [0.5, 0.6) is 0 Å². The molecule has 0 aromatic rings. The van der Waals surface area contributed by atoms with E-state index < -0.39 is 0 Å². The van der Waals surface area contributed by atoms with Gasteiger partial charge in [0.05, 0.1) is 5.76 Å². The number of allylic oxidation sites excluding steroid dienone is 2. The van der Waals surface area contributed by atoms with Crippen LogP contribution in [0.3, 0.4) is 0 Å². The standard InChI is InChI=1S/C12H22O/c1-10(2)4-3-5-11-6-8-12(13)9-7-11/h8,10-11,13H,3-7,9H2,1-2H3. The second kappa shape index (κ2) is 5.31. The third-order valence-electron chi connectivity index (χ3n) is 2.89. The molecule has 13 heavy (non-hydrogen) atoms. The van der Waals surface area contributed by atoms with Gasteiger partial charge in [0, 0.05) is 6.42 Å². The van der Waals surface area contributed by atoms with Crippen molar-refractivity contribution in [3.05, 3.63) is 11.8 Å². The quantitative estimate of drug-likeness (QED) is 0.695. The smallest absolute Gasteiger partial charge is 0.0883 e. The van der Waals surface area contributed by atoms with E-state index in [9.17, 15) is 5.11 Å². The molecular formula is C12H22O. The second-order valence-corrected chi connectivity index (χ2v) is 4.66. The van der Waals surface area contributed by atoms with Crippen molar-refractivity contribution in [2.24, 2.45) is 11.8 Å². The summed E-state index contributed by atoms with van der Waals surface area (Å²) in [6, 6.07) is 0. The van der Waals surface area contributed by atoms with E-state index >= 15 is 0 Å². The van der Waals surface area contributed by atoms with Crippen LogP contribution >= 0.6 is 0 Å². The van der Waals surface area contributed by atoms with E-state index in [-0.39, 0.29) is 0 Å². The molecule has 0 bridgehead atoms. The normalized spacial score (nSPS) is 23.3. The Kier molecular flexibility index (Phi) is 4.34. The molecule has 0 aromatic heterocycles. The van der Waals surface area contributed by atoms with Crippen molar-refractivity contribution < 1.29 is 5.11 Å². The molecule has 1 heteroatoms. The monoisotopic (exact) mass is 182 g/mol. The largest absolute Gasteiger partial charge is 0.513 e. The predicted molar refractivity (Wildman–Crippen MR) is 56.7 cm³/mol. The number of rotatable bonds is 4. The van der Waals surface area contributed by atoms with Crippen molar-refractivity contribution in [1.29, 1.82) is 0 Å². The van der Waals surface area contributed by atoms with Crippen LogP contribution in [0.4, 0.5) is 0 Å². The maximum atomic E-state index is 9.20. The van der Waals surface area contributed by atoms with Gasteiger partial charge >= 0.3 is 0 Å². The molecule has 1 aliphatic carbocycles. The van der Waals surface area contributed by atoms with Crippen LogP contribution in [0, 0.1) is 11.8 Å². The van der Waals surface area contributed by atoms with E-state index in [4.69, 9.17) is 0 Å². The fourth-order valence-electron chi connectivity index (χ4n) is 1.95. The molecule has 0 spiro atoms. The van der Waals surface area contributed by atoms with Crippen LogP contribution in [-0.2, 0) is 0 Å². The lowest BCUT2D eigenvalue weighted by atomic mass is 9.88. The van der Waals surface area contributed by atoms with Crippen LogP contribution in [0.15, 0.2) is 11.8 Å². The van der Waals surface area contributed by atoms with Crippen LogP contribution < -0.4 is 0 Å². The van der Waals surface area contributed by atoms with E-state index in [1.54, 1.807) is 0 Å². The van der Waals surface area contributed by atoms with Crippen molar-refractivity contribution in [1.82, 2.24) is 0 Å². The highest BCUT2D eigenvalue weighted by Gasteiger charge is 2.13. The third-order valence-corrected chi connectivity index (χ3v) is 2.89. The van der Waals surface area contributed by atoms with Gasteiger partial charge in [0.15, 0.2) is 0 Å². The van der Waals surface area contributed by atoms with Crippen LogP contribution in [0.25, 0.3) is 0 Å². The van der Waals surface area contributed by atoms with Crippen molar-refractivity contribution in [2.45, 2.75) is 52.4 Å². The molecule has 76 valence electrons. The zero-order valence-corrected chi connectivity index (χ0v) is 8.92. The Labute approximate surface area is 81.9 Å². The van der Waals surface area contributed by atoms with E-state index in [1.165, 1.54) is 25.7 Å². The summed E-state index contributed by atoms with van der Waals surface area (Å²) in [5, 5.41) is 9.20. The summed E-state index contributed by atoms with van der Waals surface area (Å²) in [6.45, 7) is 4.57. The Bertz CT molecular complexity index is 170. The minimum absolute atomic E-state index is 0.611. The first kappa shape index (κ1) is 10.6. The van der Waals surface area contributed by atoms with Gasteiger partial charge in [-0.1, -0.05) is 33.1 Å². The molecule has 0 aromatic carbocycles. The molecular weight excluding hydrogens is 160 g/mol. The SMILES string of the molecule is CC(C)CCCC1CC=C(O)CC1. The Morgan fingerprint density at radius 3 is 2.85 bits per heavy atom. The lowest BCUT2D eigenvalue weighted by Crippen LogP contribution is -2.06. The lowest BCUT2D eigenvalue weighted by molar-refractivity contribution is 0.320. The number of aliphatic hydroxyl groups is 1. The van der Waals surface area contributed by atoms with Crippen molar-refractivity contribution in [3.63, 3.8) is 0 Å². The summed E-state index contributed by atoms with van der Waals surface area (Å²) >= 11 is 0. The van der Waals surface area contributed by atoms with Gasteiger partial charge in [-0.05, 0) is 30.8 Å². The van der Waals surface area contributed by atoms with Gasteiger partial charge in [0.2, 0.25) is 0 Å². The summed E-state index contributed by atoms with van der Waals surface area (Å²) < 4.78 is 0. The van der Waals surface area contributed by atoms with Crippen LogP contribution in [0.2, 0.25) is 0 Å². The molecule has 0 amide bonds. The van der Waals surface area contributed by atoms with E-state index in [1.807, 2.05) is 6.08 Å². The van der Waals surface area contributed by atoms with Gasteiger partial charge in [-0.25, -0.2) is 0 Å². The molecule has 1 N–H and O–H groups in total. The van der Waals surface area contributed by atoms with Gasteiger partial charge in [0.25, 0.3) is 0 Å². The molecule has 1 atom stereocenters. The second-order valence-electron chi connectivity index (χ2n) is 4.66. The Balaban J connectivity index is 2.10. The van der Waals surface area contributed by atoms with Crippen molar-refractivity contribution in [3.8, 4) is 0 Å². The topological polar surface area (TPSA) is 20.2 Å². The molecule has 1 unspecified atom stereocenters.